The fourth-order valence-corrected chi connectivity index (χ4v) is 5.45. The largest absolute Gasteiger partial charge is 0.493 e. The van der Waals surface area contributed by atoms with Crippen molar-refractivity contribution in [1.82, 2.24) is 10.2 Å². The van der Waals surface area contributed by atoms with Crippen LogP contribution in [0.15, 0.2) is 36.4 Å². The Bertz CT molecular complexity index is 1050. The third kappa shape index (κ3) is 5.22. The summed E-state index contributed by atoms with van der Waals surface area (Å²) >= 11 is 0. The van der Waals surface area contributed by atoms with Crippen LogP contribution in [0.1, 0.15) is 52.8 Å². The van der Waals surface area contributed by atoms with Gasteiger partial charge < -0.3 is 29.7 Å². The standard InChI is InChI=1S/C27H33N3O5/c1-33-23-15-20(16-24-25(23)35-14-13-34-24)27(32)29-21-9-7-18(8-10-21)26(31)28-17-19-5-4-12-30-11-3-2-6-22(19)30/h7-10,15-16,19,22H,2-6,11-14,17H2,1H3,(H,28,31)(H,29,32)/t19-,22-/m1/s1. The van der Waals surface area contributed by atoms with Crippen LogP contribution < -0.4 is 24.8 Å². The van der Waals surface area contributed by atoms with Crippen LogP contribution in [0.2, 0.25) is 0 Å². The molecular weight excluding hydrogens is 446 g/mol. The van der Waals surface area contributed by atoms with Crippen LogP contribution in [-0.4, -0.2) is 62.7 Å². The van der Waals surface area contributed by atoms with Crippen molar-refractivity contribution in [3.63, 3.8) is 0 Å². The molecule has 2 N–H and O–H groups in total. The first-order chi connectivity index (χ1) is 17.1. The minimum absolute atomic E-state index is 0.0765. The Morgan fingerprint density at radius 3 is 2.60 bits per heavy atom. The van der Waals surface area contributed by atoms with E-state index >= 15 is 0 Å². The number of ether oxygens (including phenoxy) is 3. The van der Waals surface area contributed by atoms with Crippen LogP contribution in [0.5, 0.6) is 17.2 Å². The number of rotatable bonds is 6. The zero-order chi connectivity index (χ0) is 24.2. The number of amides is 2. The quantitative estimate of drug-likeness (QED) is 0.657. The zero-order valence-corrected chi connectivity index (χ0v) is 20.2. The first-order valence-corrected chi connectivity index (χ1v) is 12.5. The van der Waals surface area contributed by atoms with Gasteiger partial charge >= 0.3 is 0 Å². The molecule has 0 bridgehead atoms. The zero-order valence-electron chi connectivity index (χ0n) is 20.2. The lowest BCUT2D eigenvalue weighted by Gasteiger charge is -2.44. The summed E-state index contributed by atoms with van der Waals surface area (Å²) in [6.07, 6.45) is 6.21. The van der Waals surface area contributed by atoms with Crippen molar-refractivity contribution in [3.8, 4) is 17.2 Å². The molecule has 0 radical (unpaired) electrons. The van der Waals surface area contributed by atoms with Crippen molar-refractivity contribution in [2.75, 3.05) is 45.3 Å². The molecule has 0 spiro atoms. The van der Waals surface area contributed by atoms with E-state index in [4.69, 9.17) is 14.2 Å². The van der Waals surface area contributed by atoms with Crippen LogP contribution in [0.25, 0.3) is 0 Å². The normalized spacial score (nSPS) is 21.5. The predicted molar refractivity (Wildman–Crippen MR) is 133 cm³/mol. The van der Waals surface area contributed by atoms with Crippen molar-refractivity contribution >= 4 is 17.5 Å². The molecule has 186 valence electrons. The Morgan fingerprint density at radius 1 is 0.971 bits per heavy atom. The van der Waals surface area contributed by atoms with E-state index in [0.29, 0.717) is 65.8 Å². The van der Waals surface area contributed by atoms with Crippen molar-refractivity contribution in [1.29, 1.82) is 0 Å². The van der Waals surface area contributed by atoms with Gasteiger partial charge in [0.1, 0.15) is 13.2 Å². The molecular formula is C27H33N3O5. The number of fused-ring (bicyclic) bond motifs is 2. The summed E-state index contributed by atoms with van der Waals surface area (Å²) in [6.45, 7) is 3.96. The van der Waals surface area contributed by atoms with Gasteiger partial charge in [0.15, 0.2) is 11.5 Å². The van der Waals surface area contributed by atoms with E-state index in [1.165, 1.54) is 52.3 Å². The van der Waals surface area contributed by atoms with E-state index in [1.807, 2.05) is 0 Å². The number of nitrogens with zero attached hydrogens (tertiary/aromatic N) is 1. The van der Waals surface area contributed by atoms with Gasteiger partial charge in [-0.15, -0.1) is 0 Å². The average Bonchev–Trinajstić information content (AvgIpc) is 2.91. The molecule has 0 unspecified atom stereocenters. The van der Waals surface area contributed by atoms with E-state index in [0.717, 1.165) is 0 Å². The Balaban J connectivity index is 1.18. The van der Waals surface area contributed by atoms with Crippen molar-refractivity contribution in [2.24, 2.45) is 5.92 Å². The molecule has 5 rings (SSSR count). The summed E-state index contributed by atoms with van der Waals surface area (Å²) in [7, 11) is 1.53. The topological polar surface area (TPSA) is 89.1 Å². The van der Waals surface area contributed by atoms with E-state index < -0.39 is 0 Å². The number of piperidine rings is 2. The van der Waals surface area contributed by atoms with Crippen LogP contribution in [-0.2, 0) is 0 Å². The Hall–Kier alpha value is -3.26. The highest BCUT2D eigenvalue weighted by Gasteiger charge is 2.33. The van der Waals surface area contributed by atoms with Crippen LogP contribution in [0.4, 0.5) is 5.69 Å². The number of carbonyl (C=O) groups excluding carboxylic acids is 2. The Labute approximate surface area is 205 Å². The lowest BCUT2D eigenvalue weighted by atomic mass is 9.83. The smallest absolute Gasteiger partial charge is 0.255 e. The average molecular weight is 480 g/mol. The molecule has 8 nitrogen and oxygen atoms in total. The molecule has 2 aromatic carbocycles. The SMILES string of the molecule is COc1cc(C(=O)Nc2ccc(C(=O)NC[C@H]3CCCN4CCCC[C@H]34)cc2)cc2c1OCCO2. The second-order valence-electron chi connectivity index (χ2n) is 9.45. The van der Waals surface area contributed by atoms with Crippen LogP contribution in [0.3, 0.4) is 0 Å². The van der Waals surface area contributed by atoms with Gasteiger partial charge in [-0.3, -0.25) is 9.59 Å². The molecule has 3 aliphatic rings. The van der Waals surface area contributed by atoms with E-state index in [9.17, 15) is 9.59 Å². The third-order valence-electron chi connectivity index (χ3n) is 7.25. The van der Waals surface area contributed by atoms with Crippen LogP contribution in [0, 0.1) is 5.92 Å². The summed E-state index contributed by atoms with van der Waals surface area (Å²) in [5, 5.41) is 6.01. The molecule has 2 amide bonds. The number of methoxy groups -OCH3 is 1. The van der Waals surface area contributed by atoms with Gasteiger partial charge in [0.2, 0.25) is 5.75 Å². The van der Waals surface area contributed by atoms with E-state index in [-0.39, 0.29) is 11.8 Å². The molecule has 35 heavy (non-hydrogen) atoms. The number of hydrogen-bond donors (Lipinski definition) is 2. The summed E-state index contributed by atoms with van der Waals surface area (Å²) in [6, 6.07) is 10.8. The van der Waals surface area contributed by atoms with Gasteiger partial charge in [-0.05, 0) is 81.1 Å². The maximum absolute atomic E-state index is 12.8. The minimum atomic E-state index is -0.299. The number of anilines is 1. The number of hydrogen-bond acceptors (Lipinski definition) is 6. The van der Waals surface area contributed by atoms with Gasteiger partial charge in [-0.1, -0.05) is 6.42 Å². The summed E-state index contributed by atoms with van der Waals surface area (Å²) in [4.78, 5) is 28.2. The molecule has 0 aliphatic carbocycles. The third-order valence-corrected chi connectivity index (χ3v) is 7.25. The first kappa shape index (κ1) is 23.5. The first-order valence-electron chi connectivity index (χ1n) is 12.5. The fourth-order valence-electron chi connectivity index (χ4n) is 5.45. The van der Waals surface area contributed by atoms with Crippen molar-refractivity contribution in [3.05, 3.63) is 47.5 Å². The molecule has 3 heterocycles. The highest BCUT2D eigenvalue weighted by molar-refractivity contribution is 6.05. The molecule has 0 saturated carbocycles. The Morgan fingerprint density at radius 2 is 1.77 bits per heavy atom. The van der Waals surface area contributed by atoms with E-state index in [2.05, 4.69) is 15.5 Å². The summed E-state index contributed by atoms with van der Waals surface area (Å²) in [5.74, 6) is 1.60. The van der Waals surface area contributed by atoms with Crippen LogP contribution >= 0.6 is 0 Å². The minimum Gasteiger partial charge on any atom is -0.493 e. The molecule has 8 heteroatoms. The summed E-state index contributed by atoms with van der Waals surface area (Å²) in [5.41, 5.74) is 1.59. The number of benzene rings is 2. The predicted octanol–water partition coefficient (Wildman–Crippen LogP) is 3.71. The number of nitrogens with one attached hydrogen (secondary N) is 2. The fraction of sp³-hybridized carbons (Fsp3) is 0.481. The molecule has 2 aromatic rings. The maximum atomic E-state index is 12.8. The van der Waals surface area contributed by atoms with Gasteiger partial charge in [-0.2, -0.15) is 0 Å². The van der Waals surface area contributed by atoms with Gasteiger partial charge in [0.05, 0.1) is 7.11 Å². The second-order valence-corrected chi connectivity index (χ2v) is 9.45. The lowest BCUT2D eigenvalue weighted by molar-refractivity contribution is 0.0575. The lowest BCUT2D eigenvalue weighted by Crippen LogP contribution is -2.51. The van der Waals surface area contributed by atoms with Crippen molar-refractivity contribution in [2.45, 2.75) is 38.1 Å². The highest BCUT2D eigenvalue weighted by atomic mass is 16.6. The second kappa shape index (κ2) is 10.6. The molecule has 0 aromatic heterocycles. The van der Waals surface area contributed by atoms with Crippen molar-refractivity contribution < 1.29 is 23.8 Å². The molecule has 3 aliphatic heterocycles. The highest BCUT2D eigenvalue weighted by Crippen LogP contribution is 2.40. The van der Waals surface area contributed by atoms with Gasteiger partial charge in [0, 0.05) is 29.4 Å². The number of carbonyl (C=O) groups is 2. The summed E-state index contributed by atoms with van der Waals surface area (Å²) < 4.78 is 16.6. The van der Waals surface area contributed by atoms with Gasteiger partial charge in [-0.25, -0.2) is 0 Å². The van der Waals surface area contributed by atoms with Gasteiger partial charge in [0.25, 0.3) is 11.8 Å². The molecule has 2 fully saturated rings. The molecule has 2 atom stereocenters. The Kier molecular flexibility index (Phi) is 7.08. The van der Waals surface area contributed by atoms with E-state index in [1.54, 1.807) is 36.4 Å². The molecule has 2 saturated heterocycles. The maximum Gasteiger partial charge on any atom is 0.255 e. The monoisotopic (exact) mass is 479 g/mol.